The number of amides is 2. The molecule has 5 heteroatoms. The molecule has 2 fully saturated rings. The summed E-state index contributed by atoms with van der Waals surface area (Å²) < 4.78 is 5.25. The van der Waals surface area contributed by atoms with Crippen molar-refractivity contribution in [3.05, 3.63) is 0 Å². The van der Waals surface area contributed by atoms with Crippen LogP contribution in [0.1, 0.15) is 66.7 Å². The maximum absolute atomic E-state index is 12.8. The van der Waals surface area contributed by atoms with Crippen LogP contribution in [0, 0.1) is 11.8 Å². The highest BCUT2D eigenvalue weighted by atomic mass is 16.6. The monoisotopic (exact) mass is 324 g/mol. The molecule has 0 radical (unpaired) electrons. The molecule has 3 unspecified atom stereocenters. The molecule has 1 saturated carbocycles. The van der Waals surface area contributed by atoms with Crippen LogP contribution in [0.4, 0.5) is 4.79 Å². The van der Waals surface area contributed by atoms with Crippen molar-refractivity contribution < 1.29 is 14.3 Å². The molecule has 1 aliphatic heterocycles. The Kier molecular flexibility index (Phi) is 5.58. The van der Waals surface area contributed by atoms with Crippen molar-refractivity contribution in [2.75, 3.05) is 6.54 Å². The normalized spacial score (nSPS) is 29.4. The van der Waals surface area contributed by atoms with Gasteiger partial charge in [-0.2, -0.15) is 0 Å². The number of rotatable bonds is 2. The lowest BCUT2D eigenvalue weighted by molar-refractivity contribution is -0.140. The lowest BCUT2D eigenvalue weighted by atomic mass is 9.72. The van der Waals surface area contributed by atoms with Crippen LogP contribution in [0.5, 0.6) is 0 Å². The molecule has 132 valence electrons. The summed E-state index contributed by atoms with van der Waals surface area (Å²) in [4.78, 5) is 26.7. The Morgan fingerprint density at radius 1 is 1.17 bits per heavy atom. The first-order valence-electron chi connectivity index (χ1n) is 8.99. The van der Waals surface area contributed by atoms with Crippen LogP contribution in [0.3, 0.4) is 0 Å². The second-order valence-electron chi connectivity index (χ2n) is 8.18. The Morgan fingerprint density at radius 2 is 1.83 bits per heavy atom. The topological polar surface area (TPSA) is 58.6 Å². The largest absolute Gasteiger partial charge is 0.444 e. The summed E-state index contributed by atoms with van der Waals surface area (Å²) in [6.07, 6.45) is 5.34. The van der Waals surface area contributed by atoms with Gasteiger partial charge in [0.05, 0.1) is 0 Å². The third-order valence-corrected chi connectivity index (χ3v) is 5.12. The van der Waals surface area contributed by atoms with Gasteiger partial charge in [0, 0.05) is 12.6 Å². The predicted octanol–water partition coefficient (Wildman–Crippen LogP) is 3.33. The maximum atomic E-state index is 12.8. The van der Waals surface area contributed by atoms with E-state index in [1.54, 1.807) is 6.92 Å². The van der Waals surface area contributed by atoms with Crippen molar-refractivity contribution in [2.24, 2.45) is 11.8 Å². The zero-order valence-electron chi connectivity index (χ0n) is 15.2. The molecule has 1 saturated heterocycles. The van der Waals surface area contributed by atoms with Gasteiger partial charge in [0.2, 0.25) is 5.91 Å². The molecule has 0 aromatic carbocycles. The standard InChI is InChI=1S/C18H32N2O3/c1-12-10-11-20(15-9-7-6-8-14(12)15)16(21)13(2)19-17(22)23-18(3,4)5/h12-15H,6-11H2,1-5H3,(H,19,22)/t12?,13-,14?,15?/m1/s1. The Morgan fingerprint density at radius 3 is 2.48 bits per heavy atom. The first-order valence-corrected chi connectivity index (χ1v) is 8.99. The van der Waals surface area contributed by atoms with E-state index in [4.69, 9.17) is 4.74 Å². The van der Waals surface area contributed by atoms with Gasteiger partial charge in [-0.1, -0.05) is 19.8 Å². The van der Waals surface area contributed by atoms with Crippen LogP contribution in [-0.4, -0.2) is 41.1 Å². The van der Waals surface area contributed by atoms with Crippen LogP contribution in [-0.2, 0) is 9.53 Å². The molecular weight excluding hydrogens is 292 g/mol. The predicted molar refractivity (Wildman–Crippen MR) is 90.1 cm³/mol. The number of nitrogens with one attached hydrogen (secondary N) is 1. The van der Waals surface area contributed by atoms with E-state index in [0.29, 0.717) is 17.9 Å². The first kappa shape index (κ1) is 18.1. The van der Waals surface area contributed by atoms with Gasteiger partial charge >= 0.3 is 6.09 Å². The molecule has 0 bridgehead atoms. The number of likely N-dealkylation sites (tertiary alicyclic amines) is 1. The number of carbonyl (C=O) groups is 2. The van der Waals surface area contributed by atoms with Crippen molar-refractivity contribution in [1.82, 2.24) is 10.2 Å². The SMILES string of the molecule is CC1CCN(C(=O)[C@@H](C)NC(=O)OC(C)(C)C)C2CCCCC12. The third kappa shape index (κ3) is 4.61. The molecular formula is C18H32N2O3. The van der Waals surface area contributed by atoms with E-state index in [1.165, 1.54) is 19.3 Å². The molecule has 4 atom stereocenters. The molecule has 5 nitrogen and oxygen atoms in total. The highest BCUT2D eigenvalue weighted by molar-refractivity contribution is 5.85. The summed E-state index contributed by atoms with van der Waals surface area (Å²) in [5, 5.41) is 2.69. The number of alkyl carbamates (subject to hydrolysis) is 1. The lowest BCUT2D eigenvalue weighted by Gasteiger charge is -2.48. The summed E-state index contributed by atoms with van der Waals surface area (Å²) in [7, 11) is 0. The zero-order chi connectivity index (χ0) is 17.2. The van der Waals surface area contributed by atoms with Crippen LogP contribution in [0.15, 0.2) is 0 Å². The second kappa shape index (κ2) is 7.10. The van der Waals surface area contributed by atoms with Gasteiger partial charge in [0.25, 0.3) is 0 Å². The van der Waals surface area contributed by atoms with E-state index in [9.17, 15) is 9.59 Å². The molecule has 0 aromatic heterocycles. The minimum atomic E-state index is -0.554. The van der Waals surface area contributed by atoms with Gasteiger partial charge in [0.15, 0.2) is 0 Å². The Hall–Kier alpha value is -1.26. The molecule has 0 aromatic rings. The highest BCUT2D eigenvalue weighted by Gasteiger charge is 2.40. The fraction of sp³-hybridized carbons (Fsp3) is 0.889. The molecule has 1 aliphatic carbocycles. The Bertz CT molecular complexity index is 444. The Balaban J connectivity index is 1.97. The van der Waals surface area contributed by atoms with E-state index < -0.39 is 17.7 Å². The third-order valence-electron chi connectivity index (χ3n) is 5.12. The summed E-state index contributed by atoms with van der Waals surface area (Å²) in [6, 6.07) is -0.191. The molecule has 2 aliphatic rings. The number of nitrogens with zero attached hydrogens (tertiary/aromatic N) is 1. The molecule has 0 spiro atoms. The van der Waals surface area contributed by atoms with Gasteiger partial charge in [0.1, 0.15) is 11.6 Å². The van der Waals surface area contributed by atoms with Gasteiger partial charge in [-0.3, -0.25) is 4.79 Å². The van der Waals surface area contributed by atoms with Crippen molar-refractivity contribution in [3.8, 4) is 0 Å². The average molecular weight is 324 g/mol. The number of hydrogen-bond acceptors (Lipinski definition) is 3. The second-order valence-corrected chi connectivity index (χ2v) is 8.18. The minimum absolute atomic E-state index is 0.0275. The summed E-state index contributed by atoms with van der Waals surface area (Å²) in [6.45, 7) is 10.3. The van der Waals surface area contributed by atoms with Gasteiger partial charge in [-0.05, 0) is 58.8 Å². The summed E-state index contributed by atoms with van der Waals surface area (Å²) in [5.41, 5.74) is -0.554. The van der Waals surface area contributed by atoms with Crippen molar-refractivity contribution in [2.45, 2.75) is 84.4 Å². The van der Waals surface area contributed by atoms with Crippen LogP contribution < -0.4 is 5.32 Å². The molecule has 1 N–H and O–H groups in total. The fourth-order valence-electron chi connectivity index (χ4n) is 3.98. The number of carbonyl (C=O) groups excluding carboxylic acids is 2. The van der Waals surface area contributed by atoms with E-state index in [-0.39, 0.29) is 5.91 Å². The van der Waals surface area contributed by atoms with Crippen molar-refractivity contribution >= 4 is 12.0 Å². The van der Waals surface area contributed by atoms with E-state index >= 15 is 0 Å². The number of piperidine rings is 1. The van der Waals surface area contributed by atoms with Crippen molar-refractivity contribution in [3.63, 3.8) is 0 Å². The number of hydrogen-bond donors (Lipinski definition) is 1. The Labute approximate surface area is 140 Å². The molecule has 23 heavy (non-hydrogen) atoms. The van der Waals surface area contributed by atoms with Gasteiger partial charge in [-0.25, -0.2) is 4.79 Å². The number of fused-ring (bicyclic) bond motifs is 1. The smallest absolute Gasteiger partial charge is 0.408 e. The fourth-order valence-corrected chi connectivity index (χ4v) is 3.98. The first-order chi connectivity index (χ1) is 10.7. The summed E-state index contributed by atoms with van der Waals surface area (Å²) >= 11 is 0. The molecule has 1 heterocycles. The summed E-state index contributed by atoms with van der Waals surface area (Å²) in [5.74, 6) is 1.34. The highest BCUT2D eigenvalue weighted by Crippen LogP contribution is 2.38. The number of ether oxygens (including phenoxy) is 1. The van der Waals surface area contributed by atoms with Crippen LogP contribution in [0.2, 0.25) is 0 Å². The quantitative estimate of drug-likeness (QED) is 0.847. The van der Waals surface area contributed by atoms with E-state index in [2.05, 4.69) is 12.2 Å². The average Bonchev–Trinajstić information content (AvgIpc) is 2.45. The van der Waals surface area contributed by atoms with Gasteiger partial charge < -0.3 is 15.0 Å². The van der Waals surface area contributed by atoms with E-state index in [0.717, 1.165) is 19.4 Å². The molecule has 2 amide bonds. The maximum Gasteiger partial charge on any atom is 0.408 e. The van der Waals surface area contributed by atoms with Crippen LogP contribution in [0.25, 0.3) is 0 Å². The van der Waals surface area contributed by atoms with Crippen LogP contribution >= 0.6 is 0 Å². The lowest BCUT2D eigenvalue weighted by Crippen LogP contribution is -2.57. The zero-order valence-corrected chi connectivity index (χ0v) is 15.2. The molecule has 2 rings (SSSR count). The van der Waals surface area contributed by atoms with Gasteiger partial charge in [-0.15, -0.1) is 0 Å². The van der Waals surface area contributed by atoms with Crippen molar-refractivity contribution in [1.29, 1.82) is 0 Å². The van der Waals surface area contributed by atoms with E-state index in [1.807, 2.05) is 25.7 Å². The minimum Gasteiger partial charge on any atom is -0.444 e.